The van der Waals surface area contributed by atoms with Gasteiger partial charge < -0.3 is 5.32 Å². The van der Waals surface area contributed by atoms with Gasteiger partial charge in [-0.2, -0.15) is 4.52 Å². The molecule has 2 aromatic heterocycles. The van der Waals surface area contributed by atoms with Gasteiger partial charge in [0.25, 0.3) is 0 Å². The van der Waals surface area contributed by atoms with Crippen LogP contribution in [0.15, 0.2) is 72.8 Å². The molecule has 0 fully saturated rings. The van der Waals surface area contributed by atoms with E-state index < -0.39 is 0 Å². The van der Waals surface area contributed by atoms with Crippen molar-refractivity contribution in [3.05, 3.63) is 89.2 Å². The van der Waals surface area contributed by atoms with Gasteiger partial charge in [-0.3, -0.25) is 0 Å². The Balaban J connectivity index is 1.62. The molecule has 142 valence electrons. The van der Waals surface area contributed by atoms with Gasteiger partial charge >= 0.3 is 0 Å². The van der Waals surface area contributed by atoms with Crippen LogP contribution in [0.3, 0.4) is 0 Å². The molecule has 5 nitrogen and oxygen atoms in total. The maximum atomic E-state index is 13.2. The number of hydrogen-bond donors (Lipinski definition) is 1. The van der Waals surface area contributed by atoms with Gasteiger partial charge in [-0.1, -0.05) is 53.2 Å². The molecule has 3 aromatic carbocycles. The average Bonchev–Trinajstić information content (AvgIpc) is 3.18. The minimum absolute atomic E-state index is 0.253. The highest BCUT2D eigenvalue weighted by Gasteiger charge is 2.15. The Kier molecular flexibility index (Phi) is 4.33. The Labute approximate surface area is 170 Å². The van der Waals surface area contributed by atoms with Crippen LogP contribution in [0.2, 0.25) is 5.02 Å². The second kappa shape index (κ2) is 7.14. The van der Waals surface area contributed by atoms with Crippen molar-refractivity contribution in [3.8, 4) is 11.3 Å². The van der Waals surface area contributed by atoms with Crippen molar-refractivity contribution in [2.75, 3.05) is 5.32 Å². The molecule has 29 heavy (non-hydrogen) atoms. The van der Waals surface area contributed by atoms with Crippen LogP contribution >= 0.6 is 11.6 Å². The van der Waals surface area contributed by atoms with Gasteiger partial charge in [-0.15, -0.1) is 5.10 Å². The number of rotatable bonds is 4. The minimum atomic E-state index is -0.253. The van der Waals surface area contributed by atoms with E-state index in [-0.39, 0.29) is 5.82 Å². The molecule has 0 bridgehead atoms. The Bertz CT molecular complexity index is 1310. The van der Waals surface area contributed by atoms with E-state index in [9.17, 15) is 4.39 Å². The summed E-state index contributed by atoms with van der Waals surface area (Å²) in [4.78, 5) is 4.81. The third kappa shape index (κ3) is 3.28. The molecule has 0 unspecified atom stereocenters. The standard InChI is InChI=1S/C22H15ClFN5/c23-16-9-7-15(8-10-16)20-22-26-21(25-13-14-5-11-17(24)12-6-14)18-3-1-2-4-19(18)29(22)28-27-20/h1-12H,13H2,(H,25,26). The zero-order valence-electron chi connectivity index (χ0n) is 15.2. The molecule has 0 saturated carbocycles. The number of benzene rings is 3. The van der Waals surface area contributed by atoms with Crippen LogP contribution in [-0.2, 0) is 6.54 Å². The number of anilines is 1. The summed E-state index contributed by atoms with van der Waals surface area (Å²) in [6.07, 6.45) is 0. The number of fused-ring (bicyclic) bond motifs is 3. The summed E-state index contributed by atoms with van der Waals surface area (Å²) in [7, 11) is 0. The van der Waals surface area contributed by atoms with Crippen LogP contribution in [0.1, 0.15) is 5.56 Å². The smallest absolute Gasteiger partial charge is 0.186 e. The Morgan fingerprint density at radius 3 is 2.48 bits per heavy atom. The summed E-state index contributed by atoms with van der Waals surface area (Å²) >= 11 is 6.01. The maximum absolute atomic E-state index is 13.2. The third-order valence-corrected chi connectivity index (χ3v) is 4.99. The third-order valence-electron chi connectivity index (χ3n) is 4.74. The first-order valence-corrected chi connectivity index (χ1v) is 9.45. The highest BCUT2D eigenvalue weighted by atomic mass is 35.5. The molecule has 5 aromatic rings. The fourth-order valence-corrected chi connectivity index (χ4v) is 3.41. The highest BCUT2D eigenvalue weighted by molar-refractivity contribution is 6.30. The Morgan fingerprint density at radius 2 is 1.69 bits per heavy atom. The van der Waals surface area contributed by atoms with Crippen LogP contribution in [0.5, 0.6) is 0 Å². The van der Waals surface area contributed by atoms with Crippen molar-refractivity contribution in [3.63, 3.8) is 0 Å². The van der Waals surface area contributed by atoms with Crippen LogP contribution in [0, 0.1) is 5.82 Å². The zero-order chi connectivity index (χ0) is 19.8. The predicted octanol–water partition coefficient (Wildman–Crippen LogP) is 5.35. The summed E-state index contributed by atoms with van der Waals surface area (Å²) < 4.78 is 14.9. The Hall–Kier alpha value is -3.51. The molecule has 0 radical (unpaired) electrons. The maximum Gasteiger partial charge on any atom is 0.186 e. The largest absolute Gasteiger partial charge is 0.365 e. The molecule has 0 amide bonds. The lowest BCUT2D eigenvalue weighted by Crippen LogP contribution is -2.05. The molecule has 7 heteroatoms. The van der Waals surface area contributed by atoms with E-state index in [2.05, 4.69) is 15.6 Å². The zero-order valence-corrected chi connectivity index (χ0v) is 15.9. The summed E-state index contributed by atoms with van der Waals surface area (Å²) in [5.41, 5.74) is 4.06. The van der Waals surface area contributed by atoms with Crippen molar-refractivity contribution in [2.45, 2.75) is 6.54 Å². The summed E-state index contributed by atoms with van der Waals surface area (Å²) in [6, 6.07) is 21.7. The lowest BCUT2D eigenvalue weighted by Gasteiger charge is -2.10. The summed E-state index contributed by atoms with van der Waals surface area (Å²) in [5, 5.41) is 13.6. The van der Waals surface area contributed by atoms with Gasteiger partial charge in [0.05, 0.1) is 5.52 Å². The number of hydrogen-bond acceptors (Lipinski definition) is 4. The lowest BCUT2D eigenvalue weighted by atomic mass is 10.1. The highest BCUT2D eigenvalue weighted by Crippen LogP contribution is 2.28. The SMILES string of the molecule is Fc1ccc(CNc2nc3c(-c4ccc(Cl)cc4)nnn3c3ccccc23)cc1. The van der Waals surface area contributed by atoms with Crippen LogP contribution in [0.4, 0.5) is 10.2 Å². The van der Waals surface area contributed by atoms with E-state index in [1.54, 1.807) is 16.6 Å². The normalized spacial score (nSPS) is 11.2. The van der Waals surface area contributed by atoms with Gasteiger partial charge in [0.15, 0.2) is 5.65 Å². The minimum Gasteiger partial charge on any atom is -0.365 e. The van der Waals surface area contributed by atoms with E-state index in [1.807, 2.05) is 48.5 Å². The molecular formula is C22H15ClFN5. The van der Waals surface area contributed by atoms with Crippen molar-refractivity contribution in [2.24, 2.45) is 0 Å². The van der Waals surface area contributed by atoms with Gasteiger partial charge in [-0.05, 0) is 42.0 Å². The van der Waals surface area contributed by atoms with Gasteiger partial charge in [0, 0.05) is 22.5 Å². The molecule has 0 atom stereocenters. The first kappa shape index (κ1) is 17.6. The van der Waals surface area contributed by atoms with E-state index in [0.29, 0.717) is 22.9 Å². The fraction of sp³-hybridized carbons (Fsp3) is 0.0455. The summed E-state index contributed by atoms with van der Waals surface area (Å²) in [6.45, 7) is 0.519. The second-order valence-electron chi connectivity index (χ2n) is 6.64. The number of halogens is 2. The lowest BCUT2D eigenvalue weighted by molar-refractivity contribution is 0.627. The number of nitrogens with zero attached hydrogens (tertiary/aromatic N) is 4. The fourth-order valence-electron chi connectivity index (χ4n) is 3.28. The molecule has 5 rings (SSSR count). The van der Waals surface area contributed by atoms with E-state index >= 15 is 0 Å². The van der Waals surface area contributed by atoms with Crippen molar-refractivity contribution in [1.82, 2.24) is 19.8 Å². The molecule has 0 aliphatic rings. The van der Waals surface area contributed by atoms with Crippen molar-refractivity contribution < 1.29 is 4.39 Å². The van der Waals surface area contributed by atoms with Crippen molar-refractivity contribution in [1.29, 1.82) is 0 Å². The molecule has 0 spiro atoms. The summed E-state index contributed by atoms with van der Waals surface area (Å²) in [5.74, 6) is 0.464. The topological polar surface area (TPSA) is 55.1 Å². The molecule has 0 saturated heterocycles. The van der Waals surface area contributed by atoms with Crippen molar-refractivity contribution >= 4 is 34.0 Å². The monoisotopic (exact) mass is 403 g/mol. The average molecular weight is 404 g/mol. The van der Waals surface area contributed by atoms with Gasteiger partial charge in [0.2, 0.25) is 0 Å². The van der Waals surface area contributed by atoms with E-state index in [0.717, 1.165) is 27.8 Å². The Morgan fingerprint density at radius 1 is 0.931 bits per heavy atom. The molecule has 0 aliphatic heterocycles. The van der Waals surface area contributed by atoms with E-state index in [4.69, 9.17) is 16.6 Å². The second-order valence-corrected chi connectivity index (χ2v) is 7.07. The first-order valence-electron chi connectivity index (χ1n) is 9.07. The van der Waals surface area contributed by atoms with E-state index in [1.165, 1.54) is 12.1 Å². The van der Waals surface area contributed by atoms with Gasteiger partial charge in [0.1, 0.15) is 17.3 Å². The molecular weight excluding hydrogens is 389 g/mol. The van der Waals surface area contributed by atoms with Gasteiger partial charge in [-0.25, -0.2) is 9.37 Å². The van der Waals surface area contributed by atoms with Crippen LogP contribution in [0.25, 0.3) is 27.8 Å². The quantitative estimate of drug-likeness (QED) is 0.439. The molecule has 2 heterocycles. The molecule has 1 N–H and O–H groups in total. The molecule has 0 aliphatic carbocycles. The number of para-hydroxylation sites is 1. The van der Waals surface area contributed by atoms with Crippen LogP contribution < -0.4 is 5.32 Å². The predicted molar refractivity (Wildman–Crippen MR) is 112 cm³/mol. The number of nitrogens with one attached hydrogen (secondary N) is 1. The number of aromatic nitrogens is 4. The van der Waals surface area contributed by atoms with Crippen LogP contribution in [-0.4, -0.2) is 19.8 Å². The first-order chi connectivity index (χ1) is 14.2.